The molecule has 0 unspecified atom stereocenters. The van der Waals surface area contributed by atoms with Crippen molar-refractivity contribution in [2.45, 2.75) is 47.0 Å². The minimum absolute atomic E-state index is 0.183. The quantitative estimate of drug-likeness (QED) is 0.720. The number of hydrogen-bond donors (Lipinski definition) is 0. The maximum atomic E-state index is 6.22. The molecule has 3 nitrogen and oxygen atoms in total. The summed E-state index contributed by atoms with van der Waals surface area (Å²) in [6.45, 7) is 12.1. The lowest BCUT2D eigenvalue weighted by molar-refractivity contribution is 0.441. The first-order valence-corrected chi connectivity index (χ1v) is 7.35. The maximum Gasteiger partial charge on any atom is 0.227 e. The Morgan fingerprint density at radius 2 is 1.52 bits per heavy atom. The number of rotatable bonds is 2. The van der Waals surface area contributed by atoms with Crippen LogP contribution in [-0.2, 0) is 5.41 Å². The first-order valence-electron chi connectivity index (χ1n) is 6.97. The van der Waals surface area contributed by atoms with E-state index >= 15 is 0 Å². The van der Waals surface area contributed by atoms with E-state index in [-0.39, 0.29) is 5.41 Å². The average Bonchev–Trinajstić information content (AvgIpc) is 2.32. The Morgan fingerprint density at radius 1 is 0.952 bits per heavy atom. The van der Waals surface area contributed by atoms with E-state index in [0.29, 0.717) is 16.9 Å². The van der Waals surface area contributed by atoms with E-state index in [2.05, 4.69) is 36.8 Å². The highest BCUT2D eigenvalue weighted by atomic mass is 35.5. The summed E-state index contributed by atoms with van der Waals surface area (Å²) in [4.78, 5) is 8.90. The molecule has 0 saturated carbocycles. The molecular formula is C17H21ClN2O. The zero-order chi connectivity index (χ0) is 15.8. The van der Waals surface area contributed by atoms with Crippen molar-refractivity contribution in [3.63, 3.8) is 0 Å². The van der Waals surface area contributed by atoms with Crippen LogP contribution in [0.3, 0.4) is 0 Å². The molecule has 0 fully saturated rings. The SMILES string of the molecule is Cc1cc(C)cc(Oc2nc(C(C)(C)C)nc(Cl)c2C)c1. The number of benzene rings is 1. The Labute approximate surface area is 131 Å². The first-order chi connectivity index (χ1) is 9.66. The Kier molecular flexibility index (Phi) is 4.24. The molecule has 2 rings (SSSR count). The Hall–Kier alpha value is -1.61. The van der Waals surface area contributed by atoms with Crippen molar-refractivity contribution in [3.05, 3.63) is 45.9 Å². The van der Waals surface area contributed by atoms with Crippen molar-refractivity contribution >= 4 is 11.6 Å². The third-order valence-corrected chi connectivity index (χ3v) is 3.49. The second kappa shape index (κ2) is 5.64. The molecular weight excluding hydrogens is 284 g/mol. The average molecular weight is 305 g/mol. The number of halogens is 1. The van der Waals surface area contributed by atoms with Crippen LogP contribution in [0, 0.1) is 20.8 Å². The molecule has 1 heterocycles. The summed E-state index contributed by atoms with van der Waals surface area (Å²) in [5.74, 6) is 1.97. The van der Waals surface area contributed by atoms with Crippen molar-refractivity contribution < 1.29 is 4.74 Å². The largest absolute Gasteiger partial charge is 0.439 e. The smallest absolute Gasteiger partial charge is 0.227 e. The van der Waals surface area contributed by atoms with Crippen LogP contribution in [0.4, 0.5) is 0 Å². The normalized spacial score (nSPS) is 11.6. The summed E-state index contributed by atoms with van der Waals surface area (Å²) in [7, 11) is 0. The topological polar surface area (TPSA) is 35.0 Å². The van der Waals surface area contributed by atoms with Crippen molar-refractivity contribution in [1.82, 2.24) is 9.97 Å². The Morgan fingerprint density at radius 3 is 2.05 bits per heavy atom. The van der Waals surface area contributed by atoms with Gasteiger partial charge < -0.3 is 4.74 Å². The second-order valence-electron chi connectivity index (χ2n) is 6.44. The van der Waals surface area contributed by atoms with E-state index < -0.39 is 0 Å². The van der Waals surface area contributed by atoms with Gasteiger partial charge in [0.1, 0.15) is 16.7 Å². The molecule has 0 aliphatic carbocycles. The van der Waals surface area contributed by atoms with Crippen LogP contribution in [0.25, 0.3) is 0 Å². The molecule has 0 radical (unpaired) electrons. The standard InChI is InChI=1S/C17H21ClN2O/c1-10-7-11(2)9-13(8-10)21-15-12(3)14(18)19-16(20-15)17(4,5)6/h7-9H,1-6H3. The molecule has 21 heavy (non-hydrogen) atoms. The van der Waals surface area contributed by atoms with Gasteiger partial charge in [-0.15, -0.1) is 0 Å². The highest BCUT2D eigenvalue weighted by molar-refractivity contribution is 6.30. The van der Waals surface area contributed by atoms with E-state index in [4.69, 9.17) is 16.3 Å². The van der Waals surface area contributed by atoms with Crippen LogP contribution < -0.4 is 4.74 Å². The van der Waals surface area contributed by atoms with Crippen molar-refractivity contribution in [2.24, 2.45) is 0 Å². The van der Waals surface area contributed by atoms with Gasteiger partial charge in [0, 0.05) is 11.0 Å². The fourth-order valence-corrected chi connectivity index (χ4v) is 2.17. The highest BCUT2D eigenvalue weighted by Crippen LogP contribution is 2.31. The summed E-state index contributed by atoms with van der Waals surface area (Å²) in [6, 6.07) is 6.08. The van der Waals surface area contributed by atoms with Crippen LogP contribution in [0.2, 0.25) is 5.15 Å². The van der Waals surface area contributed by atoms with Gasteiger partial charge in [0.05, 0.1) is 0 Å². The predicted molar refractivity (Wildman–Crippen MR) is 86.5 cm³/mol. The Balaban J connectivity index is 2.46. The fraction of sp³-hybridized carbons (Fsp3) is 0.412. The number of aromatic nitrogens is 2. The molecule has 0 amide bonds. The number of ether oxygens (including phenoxy) is 1. The third-order valence-electron chi connectivity index (χ3n) is 3.12. The van der Waals surface area contributed by atoms with Crippen LogP contribution in [0.15, 0.2) is 18.2 Å². The minimum atomic E-state index is -0.183. The highest BCUT2D eigenvalue weighted by Gasteiger charge is 2.21. The van der Waals surface area contributed by atoms with Crippen LogP contribution >= 0.6 is 11.6 Å². The van der Waals surface area contributed by atoms with Gasteiger partial charge in [0.15, 0.2) is 0 Å². The minimum Gasteiger partial charge on any atom is -0.439 e. The molecule has 1 aromatic carbocycles. The van der Waals surface area contributed by atoms with Gasteiger partial charge in [-0.3, -0.25) is 0 Å². The third kappa shape index (κ3) is 3.73. The van der Waals surface area contributed by atoms with Gasteiger partial charge in [-0.2, -0.15) is 4.98 Å². The lowest BCUT2D eigenvalue weighted by Gasteiger charge is -2.19. The summed E-state index contributed by atoms with van der Waals surface area (Å²) >= 11 is 6.22. The molecule has 0 aliphatic rings. The van der Waals surface area contributed by atoms with E-state index in [1.165, 1.54) is 0 Å². The maximum absolute atomic E-state index is 6.22. The van der Waals surface area contributed by atoms with Gasteiger partial charge in [-0.1, -0.05) is 38.4 Å². The summed E-state index contributed by atoms with van der Waals surface area (Å²) in [6.07, 6.45) is 0. The molecule has 112 valence electrons. The summed E-state index contributed by atoms with van der Waals surface area (Å²) in [5, 5.41) is 0.439. The molecule has 0 bridgehead atoms. The van der Waals surface area contributed by atoms with E-state index in [9.17, 15) is 0 Å². The molecule has 1 aromatic heterocycles. The monoisotopic (exact) mass is 304 g/mol. The molecule has 0 atom stereocenters. The lowest BCUT2D eigenvalue weighted by Crippen LogP contribution is -2.17. The predicted octanol–water partition coefficient (Wildman–Crippen LogP) is 5.15. The van der Waals surface area contributed by atoms with Gasteiger partial charge >= 0.3 is 0 Å². The summed E-state index contributed by atoms with van der Waals surface area (Å²) in [5.41, 5.74) is 2.87. The van der Waals surface area contributed by atoms with E-state index in [1.807, 2.05) is 32.9 Å². The van der Waals surface area contributed by atoms with E-state index in [1.54, 1.807) is 0 Å². The van der Waals surface area contributed by atoms with Gasteiger partial charge in [-0.25, -0.2) is 4.98 Å². The molecule has 4 heteroatoms. The van der Waals surface area contributed by atoms with Gasteiger partial charge in [0.25, 0.3) is 0 Å². The fourth-order valence-electron chi connectivity index (χ4n) is 2.01. The van der Waals surface area contributed by atoms with Gasteiger partial charge in [-0.05, 0) is 44.0 Å². The Bertz CT molecular complexity index is 655. The summed E-state index contributed by atoms with van der Waals surface area (Å²) < 4.78 is 5.95. The molecule has 0 N–H and O–H groups in total. The number of aryl methyl sites for hydroxylation is 2. The molecule has 0 spiro atoms. The zero-order valence-electron chi connectivity index (χ0n) is 13.4. The number of hydrogen-bond acceptors (Lipinski definition) is 3. The van der Waals surface area contributed by atoms with Crippen molar-refractivity contribution in [3.8, 4) is 11.6 Å². The molecule has 2 aromatic rings. The van der Waals surface area contributed by atoms with Crippen LogP contribution in [0.1, 0.15) is 43.3 Å². The number of nitrogens with zero attached hydrogens (tertiary/aromatic N) is 2. The molecule has 0 aliphatic heterocycles. The lowest BCUT2D eigenvalue weighted by atomic mass is 9.96. The zero-order valence-corrected chi connectivity index (χ0v) is 14.2. The van der Waals surface area contributed by atoms with Crippen LogP contribution in [0.5, 0.6) is 11.6 Å². The van der Waals surface area contributed by atoms with Gasteiger partial charge in [0.2, 0.25) is 5.88 Å². The van der Waals surface area contributed by atoms with Crippen molar-refractivity contribution in [2.75, 3.05) is 0 Å². The van der Waals surface area contributed by atoms with Crippen molar-refractivity contribution in [1.29, 1.82) is 0 Å². The first kappa shape index (κ1) is 15.8. The molecule has 0 saturated heterocycles. The van der Waals surface area contributed by atoms with Crippen LogP contribution in [-0.4, -0.2) is 9.97 Å². The van der Waals surface area contributed by atoms with E-state index in [0.717, 1.165) is 22.4 Å². The second-order valence-corrected chi connectivity index (χ2v) is 6.80.